The van der Waals surface area contributed by atoms with E-state index in [1.165, 1.54) is 238 Å². The van der Waals surface area contributed by atoms with Crippen molar-refractivity contribution in [3.8, 4) is 0 Å². The van der Waals surface area contributed by atoms with Gasteiger partial charge >= 0.3 is 5.97 Å². The summed E-state index contributed by atoms with van der Waals surface area (Å²) in [7, 11) is 0. The second-order valence-corrected chi connectivity index (χ2v) is 21.0. The first kappa shape index (κ1) is 67.1. The van der Waals surface area contributed by atoms with E-state index in [2.05, 4.69) is 49.5 Å². The van der Waals surface area contributed by atoms with Gasteiger partial charge in [0.2, 0.25) is 5.91 Å². The predicted molar refractivity (Wildman–Crippen MR) is 301 cm³/mol. The molecule has 0 aliphatic heterocycles. The van der Waals surface area contributed by atoms with Crippen molar-refractivity contribution < 1.29 is 24.5 Å². The molecule has 0 saturated carbocycles. The summed E-state index contributed by atoms with van der Waals surface area (Å²) in [6.45, 7) is 4.91. The summed E-state index contributed by atoms with van der Waals surface area (Å²) >= 11 is 0. The SMILES string of the molecule is CCCCCCCCC/C=C\CCCCCCCCCC(=O)OCCCCCCCC/C=C\C/C=C\CCC(=O)NC(CO)C(O)CCCCCCCCCCCCCCCCCCCCCCC. The quantitative estimate of drug-likeness (QED) is 0.0321. The van der Waals surface area contributed by atoms with E-state index in [9.17, 15) is 19.8 Å². The Kier molecular flexibility index (Phi) is 57.0. The number of esters is 1. The van der Waals surface area contributed by atoms with E-state index in [0.29, 0.717) is 32.3 Å². The highest BCUT2D eigenvalue weighted by molar-refractivity contribution is 5.76. The zero-order valence-electron chi connectivity index (χ0n) is 46.3. The first-order chi connectivity index (χ1) is 34.0. The summed E-state index contributed by atoms with van der Waals surface area (Å²) in [6.07, 6.45) is 73.0. The number of carbonyl (C=O) groups excluding carboxylic acids is 2. The number of aliphatic hydroxyl groups excluding tert-OH is 2. The van der Waals surface area contributed by atoms with Crippen molar-refractivity contribution in [2.75, 3.05) is 13.2 Å². The minimum absolute atomic E-state index is 0.0194. The van der Waals surface area contributed by atoms with Crippen LogP contribution in [-0.4, -0.2) is 47.4 Å². The maximum absolute atomic E-state index is 12.5. The molecule has 3 N–H and O–H groups in total. The lowest BCUT2D eigenvalue weighted by molar-refractivity contribution is -0.143. The second-order valence-electron chi connectivity index (χ2n) is 21.0. The Morgan fingerprint density at radius 2 is 0.739 bits per heavy atom. The van der Waals surface area contributed by atoms with Crippen molar-refractivity contribution in [1.82, 2.24) is 5.32 Å². The van der Waals surface area contributed by atoms with Gasteiger partial charge in [0.15, 0.2) is 0 Å². The number of amides is 1. The molecular weight excluding hydrogens is 851 g/mol. The Balaban J connectivity index is 3.52. The summed E-state index contributed by atoms with van der Waals surface area (Å²) in [5, 5.41) is 23.3. The molecule has 6 nitrogen and oxygen atoms in total. The Bertz CT molecular complexity index is 1120. The largest absolute Gasteiger partial charge is 0.466 e. The molecule has 0 heterocycles. The van der Waals surface area contributed by atoms with Crippen molar-refractivity contribution in [2.24, 2.45) is 0 Å². The van der Waals surface area contributed by atoms with Gasteiger partial charge in [-0.25, -0.2) is 0 Å². The van der Waals surface area contributed by atoms with E-state index in [-0.39, 0.29) is 18.5 Å². The fourth-order valence-electron chi connectivity index (χ4n) is 9.45. The summed E-state index contributed by atoms with van der Waals surface area (Å²) < 4.78 is 5.47. The number of aliphatic hydroxyl groups is 2. The topological polar surface area (TPSA) is 95.9 Å². The monoisotopic (exact) mass is 970 g/mol. The number of carbonyl (C=O) groups is 2. The van der Waals surface area contributed by atoms with Crippen molar-refractivity contribution in [1.29, 1.82) is 0 Å². The normalized spacial score (nSPS) is 12.8. The molecule has 2 atom stereocenters. The second kappa shape index (κ2) is 58.6. The molecule has 0 spiro atoms. The highest BCUT2D eigenvalue weighted by Gasteiger charge is 2.20. The molecule has 406 valence electrons. The van der Waals surface area contributed by atoms with Crippen LogP contribution in [0.1, 0.15) is 328 Å². The van der Waals surface area contributed by atoms with E-state index in [1.807, 2.05) is 6.08 Å². The summed E-state index contributed by atoms with van der Waals surface area (Å²) in [4.78, 5) is 24.6. The van der Waals surface area contributed by atoms with Crippen LogP contribution in [0.3, 0.4) is 0 Å². The van der Waals surface area contributed by atoms with E-state index in [1.54, 1.807) is 0 Å². The third-order valence-electron chi connectivity index (χ3n) is 14.2. The average Bonchev–Trinajstić information content (AvgIpc) is 3.35. The van der Waals surface area contributed by atoms with Crippen molar-refractivity contribution >= 4 is 11.9 Å². The maximum atomic E-state index is 12.5. The minimum atomic E-state index is -0.701. The van der Waals surface area contributed by atoms with Crippen LogP contribution in [-0.2, 0) is 14.3 Å². The standard InChI is InChI=1S/C63H119NO5/c1-3-5-7-9-11-13-15-17-19-21-23-24-25-26-28-31-35-39-43-47-51-55-61(66)60(59-65)64-62(67)56-52-48-44-40-36-32-30-34-38-42-46-50-54-58-69-63(68)57-53-49-45-41-37-33-29-27-22-20-18-16-14-12-10-8-6-4-2/h20,22,32,36,44,48,60-61,65-66H,3-19,21,23-31,33-35,37-43,45-47,49-59H2,1-2H3,(H,64,67)/b22-20-,36-32-,48-44-. The first-order valence-corrected chi connectivity index (χ1v) is 30.7. The molecule has 0 aromatic heterocycles. The molecule has 69 heavy (non-hydrogen) atoms. The van der Waals surface area contributed by atoms with Crippen molar-refractivity contribution in [3.63, 3.8) is 0 Å². The molecule has 0 aliphatic rings. The third-order valence-corrected chi connectivity index (χ3v) is 14.2. The number of hydrogen-bond donors (Lipinski definition) is 3. The molecule has 0 bridgehead atoms. The molecule has 0 saturated heterocycles. The summed E-state index contributed by atoms with van der Waals surface area (Å²) in [5.41, 5.74) is 0. The Labute approximate surface area is 430 Å². The maximum Gasteiger partial charge on any atom is 0.305 e. The molecule has 6 heteroatoms. The van der Waals surface area contributed by atoms with Gasteiger partial charge in [0.1, 0.15) is 0 Å². The predicted octanol–water partition coefficient (Wildman–Crippen LogP) is 19.2. The highest BCUT2D eigenvalue weighted by atomic mass is 16.5. The van der Waals surface area contributed by atoms with E-state index < -0.39 is 12.1 Å². The van der Waals surface area contributed by atoms with Crippen LogP contribution >= 0.6 is 0 Å². The molecule has 0 rings (SSSR count). The number of ether oxygens (including phenoxy) is 1. The Hall–Kier alpha value is -1.92. The fourth-order valence-corrected chi connectivity index (χ4v) is 9.45. The van der Waals surface area contributed by atoms with Crippen molar-refractivity contribution in [2.45, 2.75) is 341 Å². The van der Waals surface area contributed by atoms with Gasteiger partial charge in [-0.3, -0.25) is 9.59 Å². The number of hydrogen-bond acceptors (Lipinski definition) is 5. The molecule has 0 aromatic rings. The van der Waals surface area contributed by atoms with Crippen LogP contribution in [0.15, 0.2) is 36.5 Å². The zero-order valence-corrected chi connectivity index (χ0v) is 46.3. The van der Waals surface area contributed by atoms with Crippen LogP contribution in [0.25, 0.3) is 0 Å². The smallest absolute Gasteiger partial charge is 0.305 e. The molecule has 2 unspecified atom stereocenters. The summed E-state index contributed by atoms with van der Waals surface area (Å²) in [5.74, 6) is -0.132. The molecule has 0 aliphatic carbocycles. The van der Waals surface area contributed by atoms with E-state index in [4.69, 9.17) is 4.74 Å². The fraction of sp³-hybridized carbons (Fsp3) is 0.873. The van der Waals surface area contributed by atoms with Gasteiger partial charge in [0, 0.05) is 12.8 Å². The molecule has 0 aromatic carbocycles. The van der Waals surface area contributed by atoms with Crippen LogP contribution in [0.2, 0.25) is 0 Å². The van der Waals surface area contributed by atoms with Crippen LogP contribution < -0.4 is 5.32 Å². The highest BCUT2D eigenvalue weighted by Crippen LogP contribution is 2.17. The Morgan fingerprint density at radius 1 is 0.406 bits per heavy atom. The zero-order chi connectivity index (χ0) is 50.0. The van der Waals surface area contributed by atoms with Crippen molar-refractivity contribution in [3.05, 3.63) is 36.5 Å². The summed E-state index contributed by atoms with van der Waals surface area (Å²) in [6, 6.07) is -0.587. The van der Waals surface area contributed by atoms with Gasteiger partial charge in [0.05, 0.1) is 25.4 Å². The van der Waals surface area contributed by atoms with E-state index in [0.717, 1.165) is 51.4 Å². The lowest BCUT2D eigenvalue weighted by Crippen LogP contribution is -2.45. The average molecular weight is 971 g/mol. The third kappa shape index (κ3) is 55.2. The van der Waals surface area contributed by atoms with Gasteiger partial charge in [-0.15, -0.1) is 0 Å². The number of allylic oxidation sites excluding steroid dienone is 6. The van der Waals surface area contributed by atoms with Gasteiger partial charge in [-0.05, 0) is 70.6 Å². The molecule has 1 amide bonds. The molecule has 0 fully saturated rings. The van der Waals surface area contributed by atoms with Gasteiger partial charge in [0.25, 0.3) is 0 Å². The van der Waals surface area contributed by atoms with Gasteiger partial charge in [-0.1, -0.05) is 281 Å². The first-order valence-electron chi connectivity index (χ1n) is 30.7. The molecule has 0 radical (unpaired) electrons. The van der Waals surface area contributed by atoms with Crippen LogP contribution in [0.4, 0.5) is 0 Å². The van der Waals surface area contributed by atoms with Gasteiger partial charge in [-0.2, -0.15) is 0 Å². The lowest BCUT2D eigenvalue weighted by atomic mass is 10.0. The minimum Gasteiger partial charge on any atom is -0.466 e. The van der Waals surface area contributed by atoms with Gasteiger partial charge < -0.3 is 20.3 Å². The van der Waals surface area contributed by atoms with Crippen LogP contribution in [0.5, 0.6) is 0 Å². The van der Waals surface area contributed by atoms with Crippen LogP contribution in [0, 0.1) is 0 Å². The number of nitrogens with one attached hydrogen (secondary N) is 1. The van der Waals surface area contributed by atoms with E-state index >= 15 is 0 Å². The molecular formula is C63H119NO5. The Morgan fingerprint density at radius 3 is 1.14 bits per heavy atom. The number of unbranched alkanes of at least 4 members (excludes halogenated alkanes) is 40. The number of rotatable bonds is 57. The lowest BCUT2D eigenvalue weighted by Gasteiger charge is -2.22.